The van der Waals surface area contributed by atoms with Crippen molar-refractivity contribution in [2.75, 3.05) is 12.9 Å². The number of hydrogen-bond donors (Lipinski definition) is 1. The minimum Gasteiger partial charge on any atom is -0.497 e. The highest BCUT2D eigenvalue weighted by Gasteiger charge is 2.45. The van der Waals surface area contributed by atoms with Gasteiger partial charge in [0.15, 0.2) is 13.5 Å². The van der Waals surface area contributed by atoms with Gasteiger partial charge in [-0.15, -0.1) is 0 Å². The van der Waals surface area contributed by atoms with Gasteiger partial charge in [0, 0.05) is 5.75 Å². The molecule has 0 amide bonds. The normalized spacial score (nSPS) is 16.7. The van der Waals surface area contributed by atoms with Gasteiger partial charge in [-0.25, -0.2) is 8.42 Å². The van der Waals surface area contributed by atoms with Gasteiger partial charge in [-0.1, -0.05) is 41.9 Å². The van der Waals surface area contributed by atoms with Gasteiger partial charge >= 0.3 is 0 Å². The van der Waals surface area contributed by atoms with Gasteiger partial charge < -0.3 is 9.84 Å². The van der Waals surface area contributed by atoms with Gasteiger partial charge in [-0.2, -0.15) is 0 Å². The standard InChI is InChI=1S/C13H19BrO4S/c1-4-13(14,19(16,17)5-2)12(15)10-6-8-11(18-3)9-7-10/h6-9,12,15H,4-5H2,1-3H3. The van der Waals surface area contributed by atoms with E-state index in [0.717, 1.165) is 0 Å². The van der Waals surface area contributed by atoms with Crippen molar-refractivity contribution in [1.29, 1.82) is 0 Å². The van der Waals surface area contributed by atoms with Crippen molar-refractivity contribution < 1.29 is 18.3 Å². The van der Waals surface area contributed by atoms with Crippen LogP contribution in [0.3, 0.4) is 0 Å². The zero-order valence-corrected chi connectivity index (χ0v) is 13.7. The van der Waals surface area contributed by atoms with E-state index in [1.807, 2.05) is 0 Å². The lowest BCUT2D eigenvalue weighted by Crippen LogP contribution is -2.39. The van der Waals surface area contributed by atoms with Crippen LogP contribution in [0.5, 0.6) is 5.75 Å². The number of sulfone groups is 1. The maximum atomic E-state index is 12.2. The van der Waals surface area contributed by atoms with Crippen LogP contribution < -0.4 is 4.74 Å². The number of ether oxygens (including phenoxy) is 1. The smallest absolute Gasteiger partial charge is 0.168 e. The highest BCUT2D eigenvalue weighted by molar-refractivity contribution is 9.11. The summed E-state index contributed by atoms with van der Waals surface area (Å²) in [5.41, 5.74) is 0.538. The van der Waals surface area contributed by atoms with E-state index in [4.69, 9.17) is 4.74 Å². The minimum absolute atomic E-state index is 0.0285. The molecule has 0 radical (unpaired) electrons. The molecule has 2 unspecified atom stereocenters. The number of halogens is 1. The third kappa shape index (κ3) is 3.12. The molecule has 1 rings (SSSR count). The van der Waals surface area contributed by atoms with Gasteiger partial charge in [0.05, 0.1) is 7.11 Å². The predicted octanol–water partition coefficient (Wildman–Crippen LogP) is 2.66. The topological polar surface area (TPSA) is 63.6 Å². The molecule has 0 heterocycles. The first-order chi connectivity index (χ1) is 8.82. The maximum Gasteiger partial charge on any atom is 0.168 e. The van der Waals surface area contributed by atoms with Gasteiger partial charge in [-0.05, 0) is 24.1 Å². The molecule has 0 bridgehead atoms. The number of methoxy groups -OCH3 is 1. The molecule has 1 N–H and O–H groups in total. The monoisotopic (exact) mass is 350 g/mol. The molecule has 6 heteroatoms. The average Bonchev–Trinajstić information content (AvgIpc) is 2.45. The Morgan fingerprint density at radius 3 is 2.21 bits per heavy atom. The van der Waals surface area contributed by atoms with Crippen LogP contribution in [0.2, 0.25) is 0 Å². The van der Waals surface area contributed by atoms with Crippen LogP contribution in [0.4, 0.5) is 0 Å². The van der Waals surface area contributed by atoms with E-state index in [-0.39, 0.29) is 12.2 Å². The molecule has 1 aromatic carbocycles. The van der Waals surface area contributed by atoms with Crippen LogP contribution in [-0.4, -0.2) is 30.0 Å². The Morgan fingerprint density at radius 2 is 1.84 bits per heavy atom. The molecular weight excluding hydrogens is 332 g/mol. The number of benzene rings is 1. The lowest BCUT2D eigenvalue weighted by Gasteiger charge is -2.31. The second-order valence-corrected chi connectivity index (χ2v) is 8.69. The molecule has 0 saturated heterocycles. The molecule has 0 aromatic heterocycles. The fourth-order valence-corrected chi connectivity index (χ4v) is 4.21. The third-order valence-corrected chi connectivity index (χ3v) is 8.00. The summed E-state index contributed by atoms with van der Waals surface area (Å²) in [5.74, 6) is 0.630. The molecule has 1 aromatic rings. The summed E-state index contributed by atoms with van der Waals surface area (Å²) in [6.45, 7) is 3.30. The van der Waals surface area contributed by atoms with Gasteiger partial charge in [0.25, 0.3) is 0 Å². The Bertz CT molecular complexity index is 512. The second kappa shape index (κ2) is 6.24. The van der Waals surface area contributed by atoms with E-state index in [2.05, 4.69) is 15.9 Å². The van der Waals surface area contributed by atoms with Crippen LogP contribution in [0.15, 0.2) is 24.3 Å². The Labute approximate surface area is 122 Å². The number of hydrogen-bond acceptors (Lipinski definition) is 4. The molecule has 0 aliphatic carbocycles. The van der Waals surface area contributed by atoms with Crippen molar-refractivity contribution in [2.45, 2.75) is 30.0 Å². The zero-order chi connectivity index (χ0) is 14.7. The Morgan fingerprint density at radius 1 is 1.32 bits per heavy atom. The highest BCUT2D eigenvalue weighted by atomic mass is 79.9. The van der Waals surface area contributed by atoms with Crippen molar-refractivity contribution in [3.8, 4) is 5.75 Å². The van der Waals surface area contributed by atoms with E-state index in [1.54, 1.807) is 45.2 Å². The molecule has 0 fully saturated rings. The second-order valence-electron chi connectivity index (χ2n) is 4.22. The van der Waals surface area contributed by atoms with Gasteiger partial charge in [-0.3, -0.25) is 0 Å². The maximum absolute atomic E-state index is 12.2. The zero-order valence-electron chi connectivity index (χ0n) is 11.3. The number of alkyl halides is 1. The fraction of sp³-hybridized carbons (Fsp3) is 0.538. The van der Waals surface area contributed by atoms with Crippen LogP contribution in [0.25, 0.3) is 0 Å². The lowest BCUT2D eigenvalue weighted by atomic mass is 10.0. The molecule has 0 spiro atoms. The van der Waals surface area contributed by atoms with Gasteiger partial charge in [0.1, 0.15) is 11.9 Å². The van der Waals surface area contributed by atoms with E-state index in [0.29, 0.717) is 11.3 Å². The fourth-order valence-electron chi connectivity index (χ4n) is 1.86. The number of aliphatic hydroxyl groups is 1. The first kappa shape index (κ1) is 16.5. The summed E-state index contributed by atoms with van der Waals surface area (Å²) in [4.78, 5) is 0. The van der Waals surface area contributed by atoms with Crippen molar-refractivity contribution in [2.24, 2.45) is 0 Å². The molecule has 108 valence electrons. The summed E-state index contributed by atoms with van der Waals surface area (Å²) < 4.78 is 28.0. The largest absolute Gasteiger partial charge is 0.497 e. The minimum atomic E-state index is -3.44. The van der Waals surface area contributed by atoms with Gasteiger partial charge in [0.2, 0.25) is 0 Å². The first-order valence-electron chi connectivity index (χ1n) is 6.05. The molecule has 0 aliphatic heterocycles. The molecule has 19 heavy (non-hydrogen) atoms. The van der Waals surface area contributed by atoms with Crippen molar-refractivity contribution >= 4 is 25.8 Å². The van der Waals surface area contributed by atoms with E-state index in [9.17, 15) is 13.5 Å². The first-order valence-corrected chi connectivity index (χ1v) is 8.50. The van der Waals surface area contributed by atoms with E-state index >= 15 is 0 Å². The Hall–Kier alpha value is -0.590. The molecule has 0 aliphatic rings. The summed E-state index contributed by atoms with van der Waals surface area (Å²) in [6, 6.07) is 6.72. The van der Waals surface area contributed by atoms with Crippen molar-refractivity contribution in [3.05, 3.63) is 29.8 Å². The van der Waals surface area contributed by atoms with Crippen molar-refractivity contribution in [3.63, 3.8) is 0 Å². The Kier molecular flexibility index (Phi) is 5.41. The summed E-state index contributed by atoms with van der Waals surface area (Å²) in [7, 11) is -1.89. The SMILES string of the molecule is CCC(Br)(C(O)c1ccc(OC)cc1)S(=O)(=O)CC. The quantitative estimate of drug-likeness (QED) is 0.801. The molecule has 2 atom stereocenters. The van der Waals surface area contributed by atoms with Crippen LogP contribution in [0.1, 0.15) is 31.9 Å². The van der Waals surface area contributed by atoms with Crippen LogP contribution in [0, 0.1) is 0 Å². The molecule has 4 nitrogen and oxygen atoms in total. The average molecular weight is 351 g/mol. The third-order valence-electron chi connectivity index (χ3n) is 3.22. The Balaban J connectivity index is 3.17. The van der Waals surface area contributed by atoms with E-state index in [1.165, 1.54) is 0 Å². The van der Waals surface area contributed by atoms with E-state index < -0.39 is 19.6 Å². The summed E-state index contributed by atoms with van der Waals surface area (Å²) in [5, 5.41) is 10.4. The number of aliphatic hydroxyl groups excluding tert-OH is 1. The predicted molar refractivity (Wildman–Crippen MR) is 79.4 cm³/mol. The molecular formula is C13H19BrO4S. The summed E-state index contributed by atoms with van der Waals surface area (Å²) >= 11 is 3.23. The molecule has 0 saturated carbocycles. The van der Waals surface area contributed by atoms with Crippen LogP contribution >= 0.6 is 15.9 Å². The summed E-state index contributed by atoms with van der Waals surface area (Å²) in [6.07, 6.45) is -0.857. The van der Waals surface area contributed by atoms with Crippen LogP contribution in [-0.2, 0) is 9.84 Å². The van der Waals surface area contributed by atoms with Crippen molar-refractivity contribution in [1.82, 2.24) is 0 Å². The lowest BCUT2D eigenvalue weighted by molar-refractivity contribution is 0.160. The highest BCUT2D eigenvalue weighted by Crippen LogP contribution is 2.42. The number of rotatable bonds is 6.